The highest BCUT2D eigenvalue weighted by atomic mass is 32.2. The van der Waals surface area contributed by atoms with Gasteiger partial charge in [-0.1, -0.05) is 42.5 Å². The van der Waals surface area contributed by atoms with Gasteiger partial charge in [-0.25, -0.2) is 8.42 Å². The summed E-state index contributed by atoms with van der Waals surface area (Å²) in [5, 5.41) is 9.84. The van der Waals surface area contributed by atoms with E-state index in [-0.39, 0.29) is 29.0 Å². The first kappa shape index (κ1) is 18.8. The minimum Gasteiger partial charge on any atom is -0.396 e. The second-order valence-electron chi connectivity index (χ2n) is 6.47. The zero-order valence-electron chi connectivity index (χ0n) is 14.1. The van der Waals surface area contributed by atoms with Crippen LogP contribution in [-0.2, 0) is 9.84 Å². The highest BCUT2D eigenvalue weighted by molar-refractivity contribution is 7.91. The van der Waals surface area contributed by atoms with Crippen LogP contribution in [0.5, 0.6) is 0 Å². The Morgan fingerprint density at radius 2 is 1.73 bits per heavy atom. The fourth-order valence-electron chi connectivity index (χ4n) is 3.63. The Hall–Kier alpha value is -1.99. The van der Waals surface area contributed by atoms with E-state index in [0.29, 0.717) is 19.5 Å². The smallest absolute Gasteiger partial charge is 0.341 e. The monoisotopic (exact) mass is 381 g/mol. The van der Waals surface area contributed by atoms with Crippen LogP contribution in [-0.4, -0.2) is 39.0 Å². The van der Waals surface area contributed by atoms with E-state index in [1.165, 1.54) is 12.1 Å². The molecule has 2 atom stereocenters. The maximum atomic E-state index is 13.0. The van der Waals surface area contributed by atoms with E-state index in [2.05, 4.69) is 0 Å². The van der Waals surface area contributed by atoms with Crippen LogP contribution in [0.25, 0.3) is 0 Å². The minimum atomic E-state index is -4.68. The molecule has 0 spiro atoms. The molecule has 0 bridgehead atoms. The highest BCUT2D eigenvalue weighted by Crippen LogP contribution is 2.37. The molecule has 0 amide bonds. The van der Waals surface area contributed by atoms with Crippen LogP contribution in [0.2, 0.25) is 0 Å². The molecular weight excluding hydrogens is 360 g/mol. The van der Waals surface area contributed by atoms with Crippen molar-refractivity contribution in [2.45, 2.75) is 23.0 Å². The van der Waals surface area contributed by atoms with Crippen LogP contribution >= 0.6 is 0 Å². The lowest BCUT2D eigenvalue weighted by molar-refractivity contribution is 0.189. The number of hydrogen-bond acceptors (Lipinski definition) is 4. The predicted octanol–water partition coefficient (Wildman–Crippen LogP) is 3.29. The van der Waals surface area contributed by atoms with E-state index in [4.69, 9.17) is 0 Å². The molecule has 26 heavy (non-hydrogen) atoms. The normalized spacial score (nSPS) is 21.2. The number of benzene rings is 2. The van der Waals surface area contributed by atoms with Crippen LogP contribution in [0, 0.1) is 5.92 Å². The molecule has 0 radical (unpaired) electrons. The summed E-state index contributed by atoms with van der Waals surface area (Å²) in [5.41, 5.74) is 1.40. The van der Waals surface area contributed by atoms with Crippen molar-refractivity contribution in [3.05, 3.63) is 60.2 Å². The van der Waals surface area contributed by atoms with Gasteiger partial charge in [0.2, 0.25) is 9.84 Å². The van der Waals surface area contributed by atoms with Crippen molar-refractivity contribution >= 4 is 15.5 Å². The quantitative estimate of drug-likeness (QED) is 0.864. The van der Waals surface area contributed by atoms with Crippen LogP contribution in [0.15, 0.2) is 59.5 Å². The van der Waals surface area contributed by atoms with Crippen molar-refractivity contribution in [2.75, 3.05) is 24.6 Å². The summed E-state index contributed by atoms with van der Waals surface area (Å²) in [7, 11) is -4.68. The van der Waals surface area contributed by atoms with Crippen LogP contribution in [0.4, 0.5) is 14.5 Å². The predicted molar refractivity (Wildman–Crippen MR) is 96.2 cm³/mol. The first-order valence-corrected chi connectivity index (χ1v) is 10.0. The number of alkyl halides is 2. The Morgan fingerprint density at radius 1 is 1.08 bits per heavy atom. The highest BCUT2D eigenvalue weighted by Gasteiger charge is 2.34. The molecule has 0 aromatic heterocycles. The molecule has 1 aliphatic rings. The van der Waals surface area contributed by atoms with E-state index in [0.717, 1.165) is 5.56 Å². The van der Waals surface area contributed by atoms with Gasteiger partial charge in [0.05, 0.1) is 10.6 Å². The van der Waals surface area contributed by atoms with E-state index < -0.39 is 15.6 Å². The van der Waals surface area contributed by atoms with E-state index >= 15 is 0 Å². The third-order valence-corrected chi connectivity index (χ3v) is 6.37. The van der Waals surface area contributed by atoms with Gasteiger partial charge in [-0.15, -0.1) is 0 Å². The summed E-state index contributed by atoms with van der Waals surface area (Å²) >= 11 is 0. The molecule has 4 nitrogen and oxygen atoms in total. The van der Waals surface area contributed by atoms with Crippen molar-refractivity contribution < 1.29 is 22.3 Å². The summed E-state index contributed by atoms with van der Waals surface area (Å²) in [6.45, 7) is 0.886. The number of anilines is 1. The molecule has 0 aliphatic carbocycles. The number of hydrogen-bond donors (Lipinski definition) is 1. The first-order chi connectivity index (χ1) is 12.4. The van der Waals surface area contributed by atoms with Gasteiger partial charge in [0, 0.05) is 25.6 Å². The van der Waals surface area contributed by atoms with Crippen molar-refractivity contribution in [3.8, 4) is 0 Å². The van der Waals surface area contributed by atoms with Gasteiger partial charge in [-0.3, -0.25) is 0 Å². The Labute approximate surface area is 152 Å². The van der Waals surface area contributed by atoms with Gasteiger partial charge < -0.3 is 10.0 Å². The van der Waals surface area contributed by atoms with Crippen LogP contribution in [0.1, 0.15) is 17.9 Å². The molecule has 1 fully saturated rings. The maximum Gasteiger partial charge on any atom is 0.341 e. The molecule has 1 N–H and O–H groups in total. The van der Waals surface area contributed by atoms with Gasteiger partial charge in [0.1, 0.15) is 0 Å². The number of aliphatic hydroxyl groups excluding tert-OH is 1. The molecular formula is C19H21F2NO3S. The lowest BCUT2D eigenvalue weighted by atomic mass is 9.81. The zero-order valence-corrected chi connectivity index (χ0v) is 14.9. The average molecular weight is 381 g/mol. The third kappa shape index (κ3) is 3.59. The number of halogens is 2. The zero-order chi connectivity index (χ0) is 18.7. The summed E-state index contributed by atoms with van der Waals surface area (Å²) in [4.78, 5) is 1.43. The van der Waals surface area contributed by atoms with Gasteiger partial charge in [-0.2, -0.15) is 8.78 Å². The molecule has 7 heteroatoms. The molecule has 0 unspecified atom stereocenters. The molecule has 1 saturated heterocycles. The van der Waals surface area contributed by atoms with Gasteiger partial charge >= 0.3 is 5.76 Å². The topological polar surface area (TPSA) is 57.6 Å². The summed E-state index contributed by atoms with van der Waals surface area (Å²) in [6, 6.07) is 15.7. The molecule has 1 heterocycles. The Kier molecular flexibility index (Phi) is 5.58. The number of piperidine rings is 1. The van der Waals surface area contributed by atoms with Crippen molar-refractivity contribution in [1.82, 2.24) is 0 Å². The lowest BCUT2D eigenvalue weighted by Gasteiger charge is -2.40. The number of sulfone groups is 1. The van der Waals surface area contributed by atoms with Crippen molar-refractivity contribution in [2.24, 2.45) is 5.92 Å². The molecule has 140 valence electrons. The molecule has 2 aromatic rings. The largest absolute Gasteiger partial charge is 0.396 e. The van der Waals surface area contributed by atoms with Crippen molar-refractivity contribution in [3.63, 3.8) is 0 Å². The second-order valence-corrected chi connectivity index (χ2v) is 8.35. The summed E-state index contributed by atoms with van der Waals surface area (Å²) < 4.78 is 50.1. The Balaban J connectivity index is 1.90. The average Bonchev–Trinajstić information content (AvgIpc) is 2.68. The summed E-state index contributed by atoms with van der Waals surface area (Å²) in [6.07, 6.45) is 0.707. The van der Waals surface area contributed by atoms with Crippen LogP contribution in [0.3, 0.4) is 0 Å². The first-order valence-electron chi connectivity index (χ1n) is 8.47. The number of para-hydroxylation sites is 1. The number of rotatable bonds is 5. The van der Waals surface area contributed by atoms with Gasteiger partial charge in [0.25, 0.3) is 0 Å². The molecule has 3 rings (SSSR count). The Morgan fingerprint density at radius 3 is 2.38 bits per heavy atom. The summed E-state index contributed by atoms with van der Waals surface area (Å²) in [5.74, 6) is -3.41. The fourth-order valence-corrected chi connectivity index (χ4v) is 4.58. The lowest BCUT2D eigenvalue weighted by Crippen LogP contribution is -2.41. The Bertz CT molecular complexity index is 843. The third-order valence-electron chi connectivity index (χ3n) is 4.94. The van der Waals surface area contributed by atoms with Gasteiger partial charge in [0.15, 0.2) is 0 Å². The van der Waals surface area contributed by atoms with Gasteiger partial charge in [-0.05, 0) is 30.0 Å². The number of aliphatic hydroxyl groups is 1. The molecule has 0 saturated carbocycles. The SMILES string of the molecule is O=S(=O)(c1ccccc1N1CC[C@@H](c2ccccc2)[C@@H](CO)C1)C(F)F. The maximum absolute atomic E-state index is 13.0. The second kappa shape index (κ2) is 7.72. The van der Waals surface area contributed by atoms with E-state index in [1.54, 1.807) is 17.0 Å². The number of nitrogens with zero attached hydrogens (tertiary/aromatic N) is 1. The molecule has 1 aliphatic heterocycles. The van der Waals surface area contributed by atoms with Crippen molar-refractivity contribution in [1.29, 1.82) is 0 Å². The van der Waals surface area contributed by atoms with E-state index in [9.17, 15) is 22.3 Å². The van der Waals surface area contributed by atoms with E-state index in [1.807, 2.05) is 30.3 Å². The molecule has 2 aromatic carbocycles. The fraction of sp³-hybridized carbons (Fsp3) is 0.368. The standard InChI is InChI=1S/C19H21F2NO3S/c20-19(21)26(24,25)18-9-5-4-8-17(18)22-11-10-16(15(12-22)13-23)14-6-2-1-3-7-14/h1-9,15-16,19,23H,10-13H2/t15-,16+/m1/s1. The minimum absolute atomic E-state index is 0.0557. The van der Waals surface area contributed by atoms with Crippen LogP contribution < -0.4 is 4.90 Å².